The molecule has 112 valence electrons. The van der Waals surface area contributed by atoms with Crippen molar-refractivity contribution in [1.82, 2.24) is 4.90 Å². The van der Waals surface area contributed by atoms with Crippen molar-refractivity contribution in [1.29, 1.82) is 0 Å². The first-order valence-electron chi connectivity index (χ1n) is 5.79. The van der Waals surface area contributed by atoms with Gasteiger partial charge in [-0.2, -0.15) is 0 Å². The van der Waals surface area contributed by atoms with Crippen LogP contribution in [-0.4, -0.2) is 39.9 Å². The van der Waals surface area contributed by atoms with Gasteiger partial charge in [-0.05, 0) is 24.6 Å². The third-order valence-electron chi connectivity index (χ3n) is 2.46. The summed E-state index contributed by atoms with van der Waals surface area (Å²) in [6, 6.07) is 4.56. The van der Waals surface area contributed by atoms with Crippen LogP contribution in [0.25, 0.3) is 0 Å². The van der Waals surface area contributed by atoms with Gasteiger partial charge in [0.25, 0.3) is 9.05 Å². The third kappa shape index (κ3) is 5.30. The number of hydrogen-bond acceptors (Lipinski definition) is 4. The first-order chi connectivity index (χ1) is 9.21. The molecule has 20 heavy (non-hydrogen) atoms. The van der Waals surface area contributed by atoms with Crippen LogP contribution in [0.5, 0.6) is 5.75 Å². The van der Waals surface area contributed by atoms with Crippen molar-refractivity contribution in [3.05, 3.63) is 22.7 Å². The molecule has 0 saturated heterocycles. The molecule has 0 aliphatic rings. The van der Waals surface area contributed by atoms with Crippen LogP contribution < -0.4 is 4.74 Å². The van der Waals surface area contributed by atoms with Crippen LogP contribution in [0.15, 0.2) is 27.6 Å². The van der Waals surface area contributed by atoms with Gasteiger partial charge in [-0.25, -0.2) is 8.42 Å². The lowest BCUT2D eigenvalue weighted by molar-refractivity contribution is -0.128. The fourth-order valence-corrected chi connectivity index (χ4v) is 2.93. The summed E-state index contributed by atoms with van der Waals surface area (Å²) in [6.07, 6.45) is 0.835. The highest BCUT2D eigenvalue weighted by Crippen LogP contribution is 2.30. The zero-order valence-corrected chi connectivity index (χ0v) is 14.3. The van der Waals surface area contributed by atoms with Crippen molar-refractivity contribution in [3.8, 4) is 5.75 Å². The number of hydrogen-bond donors (Lipinski definition) is 0. The fourth-order valence-electron chi connectivity index (χ4n) is 1.42. The molecule has 0 radical (unpaired) electrons. The molecule has 0 aromatic heterocycles. The average Bonchev–Trinajstić information content (AvgIpc) is 2.34. The number of benzene rings is 1. The molecule has 0 fully saturated rings. The quantitative estimate of drug-likeness (QED) is 0.559. The Kier molecular flexibility index (Phi) is 6.29. The summed E-state index contributed by atoms with van der Waals surface area (Å²) in [4.78, 5) is 12.8. The lowest BCUT2D eigenvalue weighted by atomic mass is 10.3. The molecule has 0 heterocycles. The predicted octanol–water partition coefficient (Wildman–Crippen LogP) is 2.62. The Labute approximate surface area is 131 Å². The minimum Gasteiger partial charge on any atom is -0.492 e. The maximum Gasteiger partial charge on any atom is 0.265 e. The van der Waals surface area contributed by atoms with E-state index >= 15 is 0 Å². The summed E-state index contributed by atoms with van der Waals surface area (Å²) < 4.78 is 28.9. The fraction of sp³-hybridized carbons (Fsp3) is 0.417. The molecular formula is C12H15BrClNO4S. The van der Waals surface area contributed by atoms with Crippen LogP contribution in [0.3, 0.4) is 0 Å². The number of carbonyl (C=O) groups is 1. The third-order valence-corrected chi connectivity index (χ3v) is 4.30. The monoisotopic (exact) mass is 383 g/mol. The molecule has 0 atom stereocenters. The Hall–Kier alpha value is -0.790. The van der Waals surface area contributed by atoms with Crippen molar-refractivity contribution in [2.24, 2.45) is 0 Å². The summed E-state index contributed by atoms with van der Waals surface area (Å²) in [5, 5.41) is 0. The van der Waals surface area contributed by atoms with E-state index in [1.807, 2.05) is 0 Å². The molecule has 1 amide bonds. The second-order valence-corrected chi connectivity index (χ2v) is 7.72. The Bertz CT molecular complexity index is 589. The van der Waals surface area contributed by atoms with Crippen molar-refractivity contribution in [2.75, 3.05) is 20.7 Å². The highest BCUT2D eigenvalue weighted by molar-refractivity contribution is 9.10. The minimum atomic E-state index is -3.88. The van der Waals surface area contributed by atoms with Gasteiger partial charge in [-0.15, -0.1) is 0 Å². The molecule has 0 bridgehead atoms. The standard InChI is InChI=1S/C12H15BrClNO4S/c1-15(2)12(16)4-3-7-19-10-6-5-9(13)8-11(10)20(14,17)18/h5-6,8H,3-4,7H2,1-2H3. The highest BCUT2D eigenvalue weighted by atomic mass is 79.9. The topological polar surface area (TPSA) is 63.7 Å². The number of ether oxygens (including phenoxy) is 1. The van der Waals surface area contributed by atoms with Crippen LogP contribution in [0.4, 0.5) is 0 Å². The summed E-state index contributed by atoms with van der Waals surface area (Å²) >= 11 is 3.18. The van der Waals surface area contributed by atoms with Crippen molar-refractivity contribution in [3.63, 3.8) is 0 Å². The van der Waals surface area contributed by atoms with Gasteiger partial charge in [0.2, 0.25) is 5.91 Å². The molecule has 0 aliphatic carbocycles. The van der Waals surface area contributed by atoms with Gasteiger partial charge in [-0.1, -0.05) is 15.9 Å². The molecule has 1 aromatic carbocycles. The molecule has 0 aliphatic heterocycles. The number of amides is 1. The Balaban J connectivity index is 2.67. The smallest absolute Gasteiger partial charge is 0.265 e. The van der Waals surface area contributed by atoms with Crippen LogP contribution in [0.1, 0.15) is 12.8 Å². The van der Waals surface area contributed by atoms with E-state index in [1.165, 1.54) is 17.0 Å². The average molecular weight is 385 g/mol. The van der Waals surface area contributed by atoms with E-state index in [9.17, 15) is 13.2 Å². The maximum atomic E-state index is 11.4. The van der Waals surface area contributed by atoms with Crippen molar-refractivity contribution in [2.45, 2.75) is 17.7 Å². The van der Waals surface area contributed by atoms with Gasteiger partial charge in [-0.3, -0.25) is 4.79 Å². The van der Waals surface area contributed by atoms with Gasteiger partial charge < -0.3 is 9.64 Å². The number of nitrogens with zero attached hydrogens (tertiary/aromatic N) is 1. The van der Waals surface area contributed by atoms with E-state index in [1.54, 1.807) is 20.2 Å². The first-order valence-corrected chi connectivity index (χ1v) is 8.89. The van der Waals surface area contributed by atoms with Crippen LogP contribution in [0, 0.1) is 0 Å². The summed E-state index contributed by atoms with van der Waals surface area (Å²) in [5.74, 6) is 0.176. The Morgan fingerprint density at radius 2 is 2.05 bits per heavy atom. The van der Waals surface area contributed by atoms with E-state index in [0.29, 0.717) is 17.3 Å². The number of carbonyl (C=O) groups excluding carboxylic acids is 1. The minimum absolute atomic E-state index is 0.00501. The highest BCUT2D eigenvalue weighted by Gasteiger charge is 2.17. The largest absolute Gasteiger partial charge is 0.492 e. The Morgan fingerprint density at radius 3 is 2.60 bits per heavy atom. The van der Waals surface area contributed by atoms with E-state index in [-0.39, 0.29) is 23.2 Å². The van der Waals surface area contributed by atoms with Crippen LogP contribution >= 0.6 is 26.6 Å². The summed E-state index contributed by atoms with van der Waals surface area (Å²) in [7, 11) is 4.82. The lowest BCUT2D eigenvalue weighted by Gasteiger charge is -2.12. The van der Waals surface area contributed by atoms with Gasteiger partial charge >= 0.3 is 0 Å². The zero-order chi connectivity index (χ0) is 15.3. The summed E-state index contributed by atoms with van der Waals surface area (Å²) in [6.45, 7) is 0.237. The molecule has 8 heteroatoms. The van der Waals surface area contributed by atoms with Gasteiger partial charge in [0.15, 0.2) is 0 Å². The number of rotatable bonds is 6. The van der Waals surface area contributed by atoms with Crippen molar-refractivity contribution >= 4 is 41.6 Å². The molecule has 0 N–H and O–H groups in total. The molecule has 0 spiro atoms. The molecule has 1 rings (SSSR count). The zero-order valence-electron chi connectivity index (χ0n) is 11.1. The van der Waals surface area contributed by atoms with E-state index in [0.717, 1.165) is 0 Å². The maximum absolute atomic E-state index is 11.4. The van der Waals surface area contributed by atoms with Crippen molar-refractivity contribution < 1.29 is 17.9 Å². The second-order valence-electron chi connectivity index (χ2n) is 4.27. The van der Waals surface area contributed by atoms with Gasteiger partial charge in [0.1, 0.15) is 10.6 Å². The van der Waals surface area contributed by atoms with Crippen LogP contribution in [-0.2, 0) is 13.8 Å². The lowest BCUT2D eigenvalue weighted by Crippen LogP contribution is -2.21. The van der Waals surface area contributed by atoms with E-state index in [4.69, 9.17) is 15.4 Å². The van der Waals surface area contributed by atoms with E-state index in [2.05, 4.69) is 15.9 Å². The molecule has 0 unspecified atom stereocenters. The molecular weight excluding hydrogens is 370 g/mol. The van der Waals surface area contributed by atoms with Gasteiger partial charge in [0, 0.05) is 35.7 Å². The molecule has 5 nitrogen and oxygen atoms in total. The first kappa shape index (κ1) is 17.3. The second kappa shape index (κ2) is 7.28. The number of halogens is 2. The summed E-state index contributed by atoms with van der Waals surface area (Å²) in [5.41, 5.74) is 0. The normalized spacial score (nSPS) is 11.2. The van der Waals surface area contributed by atoms with Gasteiger partial charge in [0.05, 0.1) is 6.61 Å². The Morgan fingerprint density at radius 1 is 1.40 bits per heavy atom. The SMILES string of the molecule is CN(C)C(=O)CCCOc1ccc(Br)cc1S(=O)(=O)Cl. The molecule has 1 aromatic rings. The van der Waals surface area contributed by atoms with Crippen LogP contribution in [0.2, 0.25) is 0 Å². The predicted molar refractivity (Wildman–Crippen MR) is 80.6 cm³/mol. The van der Waals surface area contributed by atoms with E-state index < -0.39 is 9.05 Å². The molecule has 0 saturated carbocycles.